The molecule has 126 valence electrons. The van der Waals surface area contributed by atoms with E-state index in [2.05, 4.69) is 4.98 Å². The number of ether oxygens (including phenoxy) is 1. The Morgan fingerprint density at radius 3 is 2.83 bits per heavy atom. The van der Waals surface area contributed by atoms with E-state index in [-0.39, 0.29) is 23.5 Å². The number of piperidine rings is 1. The first kappa shape index (κ1) is 16.4. The van der Waals surface area contributed by atoms with Crippen molar-refractivity contribution in [3.8, 4) is 0 Å². The summed E-state index contributed by atoms with van der Waals surface area (Å²) in [6.45, 7) is 4.16. The van der Waals surface area contributed by atoms with Crippen LogP contribution < -0.4 is 5.73 Å². The van der Waals surface area contributed by atoms with Gasteiger partial charge in [-0.25, -0.2) is 4.98 Å². The van der Waals surface area contributed by atoms with Gasteiger partial charge in [-0.2, -0.15) is 0 Å². The number of nitrogens with two attached hydrogens (primary N) is 1. The Balaban J connectivity index is 1.63. The summed E-state index contributed by atoms with van der Waals surface area (Å²) in [6.07, 6.45) is 1.94. The average Bonchev–Trinajstić information content (AvgIpc) is 2.58. The third kappa shape index (κ3) is 2.98. The van der Waals surface area contributed by atoms with Crippen LogP contribution in [0.3, 0.4) is 0 Å². The molecule has 2 fully saturated rings. The van der Waals surface area contributed by atoms with Gasteiger partial charge in [-0.15, -0.1) is 0 Å². The maximum atomic E-state index is 12.6. The van der Waals surface area contributed by atoms with Gasteiger partial charge in [0.25, 0.3) is 5.91 Å². The van der Waals surface area contributed by atoms with E-state index in [9.17, 15) is 9.90 Å². The van der Waals surface area contributed by atoms with Gasteiger partial charge in [-0.05, 0) is 31.9 Å². The fourth-order valence-electron chi connectivity index (χ4n) is 3.78. The van der Waals surface area contributed by atoms with Crippen molar-refractivity contribution in [3.05, 3.63) is 29.6 Å². The summed E-state index contributed by atoms with van der Waals surface area (Å²) in [5, 5.41) is 10.2. The molecule has 1 aliphatic carbocycles. The number of hydrogen-bond donors (Lipinski definition) is 2. The van der Waals surface area contributed by atoms with Crippen molar-refractivity contribution < 1.29 is 14.6 Å². The minimum Gasteiger partial charge on any atom is -0.392 e. The average molecular weight is 319 g/mol. The molecule has 6 nitrogen and oxygen atoms in total. The van der Waals surface area contributed by atoms with Crippen LogP contribution in [0, 0.1) is 12.3 Å². The molecule has 1 aliphatic heterocycles. The van der Waals surface area contributed by atoms with E-state index < -0.39 is 0 Å². The van der Waals surface area contributed by atoms with Gasteiger partial charge in [0, 0.05) is 37.2 Å². The van der Waals surface area contributed by atoms with E-state index in [4.69, 9.17) is 10.5 Å². The highest BCUT2D eigenvalue weighted by Gasteiger charge is 2.56. The number of likely N-dealkylation sites (tertiary alicyclic amines) is 1. The number of hydrogen-bond acceptors (Lipinski definition) is 5. The fraction of sp³-hybridized carbons (Fsp3) is 0.647. The van der Waals surface area contributed by atoms with Gasteiger partial charge in [0.2, 0.25) is 0 Å². The Labute approximate surface area is 136 Å². The lowest BCUT2D eigenvalue weighted by atomic mass is 9.58. The van der Waals surface area contributed by atoms with Crippen LogP contribution in [0.5, 0.6) is 0 Å². The zero-order chi connectivity index (χ0) is 16.4. The fourth-order valence-corrected chi connectivity index (χ4v) is 3.78. The number of amides is 1. The molecule has 1 aromatic heterocycles. The second-order valence-corrected chi connectivity index (χ2v) is 6.59. The summed E-state index contributed by atoms with van der Waals surface area (Å²) in [5.74, 6) is -0.0308. The highest BCUT2D eigenvalue weighted by molar-refractivity contribution is 5.92. The normalized spacial score (nSPS) is 26.1. The van der Waals surface area contributed by atoms with Gasteiger partial charge in [0.15, 0.2) is 0 Å². The second kappa shape index (κ2) is 6.55. The van der Waals surface area contributed by atoms with Gasteiger partial charge in [-0.1, -0.05) is 6.07 Å². The molecule has 3 rings (SSSR count). The van der Waals surface area contributed by atoms with E-state index in [1.165, 1.54) is 0 Å². The molecule has 0 unspecified atom stereocenters. The van der Waals surface area contributed by atoms with Gasteiger partial charge in [0.1, 0.15) is 5.69 Å². The number of aliphatic hydroxyl groups is 1. The summed E-state index contributed by atoms with van der Waals surface area (Å²) in [6, 6.07) is 5.49. The second-order valence-electron chi connectivity index (χ2n) is 6.59. The monoisotopic (exact) mass is 319 g/mol. The van der Waals surface area contributed by atoms with E-state index in [0.29, 0.717) is 38.4 Å². The Morgan fingerprint density at radius 1 is 1.48 bits per heavy atom. The molecule has 0 bridgehead atoms. The van der Waals surface area contributed by atoms with Gasteiger partial charge in [-0.3, -0.25) is 4.79 Å². The first-order valence-electron chi connectivity index (χ1n) is 8.29. The van der Waals surface area contributed by atoms with Crippen molar-refractivity contribution >= 4 is 5.91 Å². The zero-order valence-electron chi connectivity index (χ0n) is 13.6. The van der Waals surface area contributed by atoms with Crippen molar-refractivity contribution in [2.24, 2.45) is 11.1 Å². The summed E-state index contributed by atoms with van der Waals surface area (Å²) in [4.78, 5) is 18.7. The SMILES string of the molecule is Cc1cccc(C(=O)N2CCC3(CC2)[C@@H](O)C[C@H]3OCCN)n1. The van der Waals surface area contributed by atoms with Gasteiger partial charge in [0.05, 0.1) is 18.8 Å². The molecule has 2 heterocycles. The largest absolute Gasteiger partial charge is 0.392 e. The van der Waals surface area contributed by atoms with Gasteiger partial charge >= 0.3 is 0 Å². The number of pyridine rings is 1. The lowest BCUT2D eigenvalue weighted by molar-refractivity contribution is -0.208. The van der Waals surface area contributed by atoms with E-state index in [1.807, 2.05) is 24.0 Å². The Hall–Kier alpha value is -1.50. The highest BCUT2D eigenvalue weighted by Crippen LogP contribution is 2.51. The minimum absolute atomic E-state index is 0.0308. The number of rotatable bonds is 4. The number of aromatic nitrogens is 1. The third-order valence-corrected chi connectivity index (χ3v) is 5.27. The maximum absolute atomic E-state index is 12.6. The molecule has 2 aliphatic rings. The van der Waals surface area contributed by atoms with Crippen molar-refractivity contribution in [2.75, 3.05) is 26.2 Å². The molecule has 1 spiro atoms. The van der Waals surface area contributed by atoms with E-state index >= 15 is 0 Å². The molecule has 3 N–H and O–H groups in total. The third-order valence-electron chi connectivity index (χ3n) is 5.27. The van der Waals surface area contributed by atoms with Crippen LogP contribution in [0.4, 0.5) is 0 Å². The summed E-state index contributed by atoms with van der Waals surface area (Å²) >= 11 is 0. The predicted octanol–water partition coefficient (Wildman–Crippen LogP) is 0.721. The highest BCUT2D eigenvalue weighted by atomic mass is 16.5. The van der Waals surface area contributed by atoms with Crippen molar-refractivity contribution in [1.29, 1.82) is 0 Å². The summed E-state index contributed by atoms with van der Waals surface area (Å²) < 4.78 is 5.79. The molecule has 6 heteroatoms. The molecular formula is C17H25N3O3. The molecule has 1 amide bonds. The topological polar surface area (TPSA) is 88.7 Å². The number of aliphatic hydroxyl groups excluding tert-OH is 1. The standard InChI is InChI=1S/C17H25N3O3/c1-12-3-2-4-13(19-12)16(22)20-8-5-17(6-9-20)14(21)11-15(17)23-10-7-18/h2-4,14-15,21H,5-11,18H2,1H3/t14-,15+/m0/s1. The molecule has 2 atom stereocenters. The van der Waals surface area contributed by atoms with E-state index in [1.54, 1.807) is 6.07 Å². The molecule has 23 heavy (non-hydrogen) atoms. The van der Waals surface area contributed by atoms with Crippen LogP contribution >= 0.6 is 0 Å². The molecular weight excluding hydrogens is 294 g/mol. The number of carbonyl (C=O) groups is 1. The minimum atomic E-state index is -0.334. The van der Waals surface area contributed by atoms with Crippen LogP contribution in [0.2, 0.25) is 0 Å². The molecule has 1 saturated carbocycles. The lowest BCUT2D eigenvalue weighted by Gasteiger charge is -2.56. The first-order valence-corrected chi connectivity index (χ1v) is 8.29. The van der Waals surface area contributed by atoms with Crippen LogP contribution in [0.25, 0.3) is 0 Å². The van der Waals surface area contributed by atoms with Crippen molar-refractivity contribution in [3.63, 3.8) is 0 Å². The van der Waals surface area contributed by atoms with Crippen molar-refractivity contribution in [1.82, 2.24) is 9.88 Å². The number of aryl methyl sites for hydroxylation is 1. The van der Waals surface area contributed by atoms with Crippen LogP contribution in [-0.2, 0) is 4.74 Å². The Morgan fingerprint density at radius 2 is 2.22 bits per heavy atom. The van der Waals surface area contributed by atoms with Crippen LogP contribution in [0.15, 0.2) is 18.2 Å². The first-order chi connectivity index (χ1) is 11.1. The molecule has 1 aromatic rings. The van der Waals surface area contributed by atoms with Crippen molar-refractivity contribution in [2.45, 2.75) is 38.4 Å². The summed E-state index contributed by atoms with van der Waals surface area (Å²) in [5.41, 5.74) is 6.63. The smallest absolute Gasteiger partial charge is 0.272 e. The van der Waals surface area contributed by atoms with Crippen LogP contribution in [-0.4, -0.2) is 59.3 Å². The zero-order valence-corrected chi connectivity index (χ0v) is 13.6. The molecule has 0 aromatic carbocycles. The molecule has 0 radical (unpaired) electrons. The maximum Gasteiger partial charge on any atom is 0.272 e. The number of carbonyl (C=O) groups excluding carboxylic acids is 1. The predicted molar refractivity (Wildman–Crippen MR) is 86.0 cm³/mol. The van der Waals surface area contributed by atoms with E-state index in [0.717, 1.165) is 18.5 Å². The quantitative estimate of drug-likeness (QED) is 0.854. The van der Waals surface area contributed by atoms with Gasteiger partial charge < -0.3 is 20.5 Å². The lowest BCUT2D eigenvalue weighted by Crippen LogP contribution is -2.63. The Bertz CT molecular complexity index is 570. The number of nitrogens with zero attached hydrogens (tertiary/aromatic N) is 2. The molecule has 1 saturated heterocycles. The van der Waals surface area contributed by atoms with Crippen LogP contribution in [0.1, 0.15) is 35.4 Å². The Kier molecular flexibility index (Phi) is 4.66. The summed E-state index contributed by atoms with van der Waals surface area (Å²) in [7, 11) is 0.